The van der Waals surface area contributed by atoms with Crippen LogP contribution in [0.4, 0.5) is 4.39 Å². The van der Waals surface area contributed by atoms with Crippen LogP contribution in [-0.4, -0.2) is 34.7 Å². The molecule has 29 heavy (non-hydrogen) atoms. The number of amides is 2. The van der Waals surface area contributed by atoms with Crippen molar-refractivity contribution >= 4 is 22.7 Å². The minimum atomic E-state index is -0.827. The summed E-state index contributed by atoms with van der Waals surface area (Å²) in [6.45, 7) is 5.88. The van der Waals surface area contributed by atoms with E-state index in [9.17, 15) is 14.0 Å². The molecule has 0 spiro atoms. The lowest BCUT2D eigenvalue weighted by Gasteiger charge is -2.29. The number of carbonyl (C=O) groups is 2. The van der Waals surface area contributed by atoms with Gasteiger partial charge in [0, 0.05) is 25.4 Å². The largest absolute Gasteiger partial charge is 0.338 e. The summed E-state index contributed by atoms with van der Waals surface area (Å²) in [4.78, 5) is 25.4. The molecule has 156 valence electrons. The van der Waals surface area contributed by atoms with Crippen LogP contribution in [-0.2, 0) is 11.3 Å². The standard InChI is InChI=1S/C20H27FN6O2/c1-20(2,3)17(19(29)25-23-4)24-18(28)15-13-9-8-10-14(21)16(13)27(26-15)12-7-5-6-11-22/h8-10,17,23H,5-7,12H2,1-4H3,(H,24,28)(H,25,29)/t17-/m1/s1. The Hall–Kier alpha value is -2.99. The van der Waals surface area contributed by atoms with E-state index in [1.54, 1.807) is 13.1 Å². The summed E-state index contributed by atoms with van der Waals surface area (Å²) in [7, 11) is 1.56. The Morgan fingerprint density at radius 2 is 2.03 bits per heavy atom. The summed E-state index contributed by atoms with van der Waals surface area (Å²) in [5.74, 6) is -1.42. The molecule has 0 aliphatic heterocycles. The smallest absolute Gasteiger partial charge is 0.273 e. The second kappa shape index (κ2) is 9.47. The molecule has 1 heterocycles. The first kappa shape index (κ1) is 22.3. The third kappa shape index (κ3) is 5.29. The number of para-hydroxylation sites is 1. The van der Waals surface area contributed by atoms with Gasteiger partial charge in [-0.1, -0.05) is 32.9 Å². The van der Waals surface area contributed by atoms with Gasteiger partial charge >= 0.3 is 0 Å². The van der Waals surface area contributed by atoms with Crippen molar-refractivity contribution in [2.75, 3.05) is 7.05 Å². The molecule has 0 saturated carbocycles. The number of hydrazine groups is 1. The zero-order valence-corrected chi connectivity index (χ0v) is 17.2. The number of hydrogen-bond donors (Lipinski definition) is 3. The minimum Gasteiger partial charge on any atom is -0.338 e. The van der Waals surface area contributed by atoms with Crippen LogP contribution in [0.25, 0.3) is 10.9 Å². The third-order valence-corrected chi connectivity index (χ3v) is 4.50. The van der Waals surface area contributed by atoms with Crippen molar-refractivity contribution in [2.45, 2.75) is 52.6 Å². The molecule has 1 aromatic carbocycles. The molecular weight excluding hydrogens is 375 g/mol. The molecule has 0 fully saturated rings. The number of unbranched alkanes of at least 4 members (excludes halogenated alkanes) is 2. The number of nitrogens with one attached hydrogen (secondary N) is 3. The van der Waals surface area contributed by atoms with Gasteiger partial charge in [-0.15, -0.1) is 0 Å². The number of aromatic nitrogens is 2. The highest BCUT2D eigenvalue weighted by molar-refractivity contribution is 6.06. The quantitative estimate of drug-likeness (QED) is 0.463. The molecule has 2 aromatic rings. The summed E-state index contributed by atoms with van der Waals surface area (Å²) >= 11 is 0. The molecule has 0 bridgehead atoms. The van der Waals surface area contributed by atoms with E-state index in [4.69, 9.17) is 5.26 Å². The molecule has 1 aromatic heterocycles. The Labute approximate surface area is 169 Å². The SMILES string of the molecule is CNNC(=O)[C@@H](NC(=O)c1nn(CCCCC#N)c2c(F)cccc12)C(C)(C)C. The lowest BCUT2D eigenvalue weighted by molar-refractivity contribution is -0.126. The van der Waals surface area contributed by atoms with Crippen LogP contribution >= 0.6 is 0 Å². The van der Waals surface area contributed by atoms with Gasteiger partial charge < -0.3 is 5.32 Å². The van der Waals surface area contributed by atoms with Crippen LogP contribution in [0.5, 0.6) is 0 Å². The number of aryl methyl sites for hydroxylation is 1. The average Bonchev–Trinajstić information content (AvgIpc) is 3.02. The molecule has 0 radical (unpaired) electrons. The van der Waals surface area contributed by atoms with Gasteiger partial charge in [-0.05, 0) is 24.3 Å². The fraction of sp³-hybridized carbons (Fsp3) is 0.500. The summed E-state index contributed by atoms with van der Waals surface area (Å²) in [6.07, 6.45) is 1.70. The highest BCUT2D eigenvalue weighted by Crippen LogP contribution is 2.24. The lowest BCUT2D eigenvalue weighted by atomic mass is 9.86. The molecule has 2 amide bonds. The van der Waals surface area contributed by atoms with Gasteiger partial charge in [0.2, 0.25) is 0 Å². The molecular formula is C20H27FN6O2. The number of halogens is 1. The molecule has 0 aliphatic carbocycles. The molecule has 0 unspecified atom stereocenters. The molecule has 8 nitrogen and oxygen atoms in total. The van der Waals surface area contributed by atoms with Gasteiger partial charge in [-0.3, -0.25) is 19.7 Å². The number of fused-ring (bicyclic) bond motifs is 1. The number of benzene rings is 1. The number of carbonyl (C=O) groups excluding carboxylic acids is 2. The summed E-state index contributed by atoms with van der Waals surface area (Å²) in [6, 6.07) is 5.71. The van der Waals surface area contributed by atoms with Crippen LogP contribution in [0, 0.1) is 22.6 Å². The van der Waals surface area contributed by atoms with E-state index in [0.29, 0.717) is 31.2 Å². The molecule has 3 N–H and O–H groups in total. The number of nitriles is 1. The second-order valence-corrected chi connectivity index (χ2v) is 7.83. The first-order chi connectivity index (χ1) is 13.7. The maximum absolute atomic E-state index is 14.5. The Bertz CT molecular complexity index is 925. The van der Waals surface area contributed by atoms with Crippen molar-refractivity contribution in [1.29, 1.82) is 5.26 Å². The van der Waals surface area contributed by atoms with Gasteiger partial charge in [0.15, 0.2) is 5.69 Å². The predicted octanol–water partition coefficient (Wildman–Crippen LogP) is 2.26. The molecule has 1 atom stereocenters. The van der Waals surface area contributed by atoms with Crippen molar-refractivity contribution in [3.63, 3.8) is 0 Å². The first-order valence-corrected chi connectivity index (χ1v) is 9.50. The van der Waals surface area contributed by atoms with Gasteiger partial charge in [0.25, 0.3) is 11.8 Å². The number of nitrogens with zero attached hydrogens (tertiary/aromatic N) is 3. The normalized spacial score (nSPS) is 12.4. The van der Waals surface area contributed by atoms with Crippen molar-refractivity contribution < 1.29 is 14.0 Å². The maximum atomic E-state index is 14.5. The fourth-order valence-corrected chi connectivity index (χ4v) is 3.06. The van der Waals surface area contributed by atoms with E-state index in [1.165, 1.54) is 16.8 Å². The zero-order chi connectivity index (χ0) is 21.6. The van der Waals surface area contributed by atoms with E-state index in [0.717, 1.165) is 0 Å². The Balaban J connectivity index is 2.36. The highest BCUT2D eigenvalue weighted by Gasteiger charge is 2.34. The molecule has 2 rings (SSSR count). The Kier molecular flexibility index (Phi) is 7.29. The highest BCUT2D eigenvalue weighted by atomic mass is 19.1. The van der Waals surface area contributed by atoms with Crippen molar-refractivity contribution in [1.82, 2.24) is 25.9 Å². The average molecular weight is 402 g/mol. The molecule has 0 saturated heterocycles. The Morgan fingerprint density at radius 1 is 1.31 bits per heavy atom. The van der Waals surface area contributed by atoms with Crippen LogP contribution in [0.1, 0.15) is 50.5 Å². The maximum Gasteiger partial charge on any atom is 0.273 e. The Morgan fingerprint density at radius 3 is 2.66 bits per heavy atom. The monoisotopic (exact) mass is 402 g/mol. The minimum absolute atomic E-state index is 0.0614. The van der Waals surface area contributed by atoms with Crippen molar-refractivity contribution in [3.05, 3.63) is 29.7 Å². The van der Waals surface area contributed by atoms with Gasteiger partial charge in [-0.25, -0.2) is 9.82 Å². The van der Waals surface area contributed by atoms with E-state index < -0.39 is 23.2 Å². The summed E-state index contributed by atoms with van der Waals surface area (Å²) in [5.41, 5.74) is 4.79. The van der Waals surface area contributed by atoms with Crippen molar-refractivity contribution in [3.8, 4) is 6.07 Å². The van der Waals surface area contributed by atoms with Crippen LogP contribution in [0.3, 0.4) is 0 Å². The summed E-state index contributed by atoms with van der Waals surface area (Å²) < 4.78 is 15.9. The second-order valence-electron chi connectivity index (χ2n) is 7.83. The van der Waals surface area contributed by atoms with E-state index in [1.807, 2.05) is 20.8 Å². The zero-order valence-electron chi connectivity index (χ0n) is 17.2. The van der Waals surface area contributed by atoms with Crippen molar-refractivity contribution in [2.24, 2.45) is 5.41 Å². The molecule has 9 heteroatoms. The third-order valence-electron chi connectivity index (χ3n) is 4.50. The summed E-state index contributed by atoms with van der Waals surface area (Å²) in [5, 5.41) is 16.1. The van der Waals surface area contributed by atoms with E-state index >= 15 is 0 Å². The van der Waals surface area contributed by atoms with Gasteiger partial charge in [0.05, 0.1) is 6.07 Å². The lowest BCUT2D eigenvalue weighted by Crippen LogP contribution is -2.55. The predicted molar refractivity (Wildman–Crippen MR) is 107 cm³/mol. The number of rotatable bonds is 8. The first-order valence-electron chi connectivity index (χ1n) is 9.50. The van der Waals surface area contributed by atoms with Crippen LogP contribution in [0.15, 0.2) is 18.2 Å². The van der Waals surface area contributed by atoms with Gasteiger partial charge in [0.1, 0.15) is 17.4 Å². The van der Waals surface area contributed by atoms with Crippen LogP contribution in [0.2, 0.25) is 0 Å². The van der Waals surface area contributed by atoms with E-state index in [2.05, 4.69) is 27.3 Å². The molecule has 0 aliphatic rings. The van der Waals surface area contributed by atoms with E-state index in [-0.39, 0.29) is 17.1 Å². The number of hydrogen-bond acceptors (Lipinski definition) is 5. The fourth-order valence-electron chi connectivity index (χ4n) is 3.06. The van der Waals surface area contributed by atoms with Gasteiger partial charge in [-0.2, -0.15) is 10.4 Å². The van der Waals surface area contributed by atoms with Crippen LogP contribution < -0.4 is 16.2 Å². The topological polar surface area (TPSA) is 112 Å².